The molecule has 0 aliphatic heterocycles. The summed E-state index contributed by atoms with van der Waals surface area (Å²) in [6.45, 7) is 0. The molecule has 0 unspecified atom stereocenters. The SMILES string of the molecule is O=C1CCc2cc(=O)oc3c2c1cc1ccccc13. The highest BCUT2D eigenvalue weighted by molar-refractivity contribution is 6.17. The first kappa shape index (κ1) is 10.5. The first-order chi connectivity index (χ1) is 9.24. The van der Waals surface area contributed by atoms with E-state index in [0.29, 0.717) is 24.0 Å². The lowest BCUT2D eigenvalue weighted by molar-refractivity contribution is 0.0981. The van der Waals surface area contributed by atoms with E-state index in [0.717, 1.165) is 21.7 Å². The predicted molar refractivity (Wildman–Crippen MR) is 72.6 cm³/mol. The molecule has 1 heterocycles. The Kier molecular flexibility index (Phi) is 1.96. The van der Waals surface area contributed by atoms with Crippen LogP contribution in [-0.4, -0.2) is 5.78 Å². The second-order valence-corrected chi connectivity index (χ2v) is 4.86. The zero-order chi connectivity index (χ0) is 13.0. The standard InChI is InChI=1S/C16H10O3/c17-13-6-5-10-8-14(18)19-16-11-4-2-1-3-9(11)7-12(13)15(10)16/h1-4,7-8H,5-6H2. The third-order valence-corrected chi connectivity index (χ3v) is 3.74. The maximum absolute atomic E-state index is 12.1. The maximum Gasteiger partial charge on any atom is 0.336 e. The fourth-order valence-corrected chi connectivity index (χ4v) is 2.88. The molecule has 0 N–H and O–H groups in total. The Morgan fingerprint density at radius 3 is 2.74 bits per heavy atom. The zero-order valence-corrected chi connectivity index (χ0v) is 10.1. The van der Waals surface area contributed by atoms with E-state index in [1.54, 1.807) is 0 Å². The van der Waals surface area contributed by atoms with Gasteiger partial charge in [0, 0.05) is 28.8 Å². The van der Waals surface area contributed by atoms with Gasteiger partial charge in [-0.3, -0.25) is 4.79 Å². The maximum atomic E-state index is 12.1. The molecule has 0 saturated heterocycles. The van der Waals surface area contributed by atoms with Gasteiger partial charge in [-0.25, -0.2) is 4.79 Å². The fourth-order valence-electron chi connectivity index (χ4n) is 2.88. The van der Waals surface area contributed by atoms with Crippen LogP contribution in [0.3, 0.4) is 0 Å². The van der Waals surface area contributed by atoms with E-state index in [2.05, 4.69) is 0 Å². The van der Waals surface area contributed by atoms with Gasteiger partial charge in [-0.1, -0.05) is 24.3 Å². The highest BCUT2D eigenvalue weighted by Gasteiger charge is 2.22. The first-order valence-electron chi connectivity index (χ1n) is 6.26. The molecular weight excluding hydrogens is 240 g/mol. The summed E-state index contributed by atoms with van der Waals surface area (Å²) in [7, 11) is 0. The number of carbonyl (C=O) groups is 1. The quantitative estimate of drug-likeness (QED) is 0.455. The molecule has 3 nitrogen and oxygen atoms in total. The number of rotatable bonds is 0. The van der Waals surface area contributed by atoms with Crippen molar-refractivity contribution in [1.82, 2.24) is 0 Å². The average molecular weight is 250 g/mol. The van der Waals surface area contributed by atoms with Crippen LogP contribution in [0.15, 0.2) is 45.6 Å². The van der Waals surface area contributed by atoms with Crippen molar-refractivity contribution in [3.05, 3.63) is 57.9 Å². The van der Waals surface area contributed by atoms with E-state index in [1.165, 1.54) is 6.07 Å². The molecule has 0 spiro atoms. The Bertz CT molecular complexity index is 903. The van der Waals surface area contributed by atoms with Crippen molar-refractivity contribution in [2.75, 3.05) is 0 Å². The van der Waals surface area contributed by atoms with Gasteiger partial charge in [0.05, 0.1) is 0 Å². The Labute approximate surface area is 108 Å². The van der Waals surface area contributed by atoms with Crippen LogP contribution in [0.2, 0.25) is 0 Å². The van der Waals surface area contributed by atoms with Crippen molar-refractivity contribution in [2.45, 2.75) is 12.8 Å². The molecule has 0 radical (unpaired) electrons. The minimum atomic E-state index is -0.348. The number of Topliss-reactive ketones (excluding diaryl/α,β-unsaturated/α-hetero) is 1. The summed E-state index contributed by atoms with van der Waals surface area (Å²) < 4.78 is 5.37. The van der Waals surface area contributed by atoms with Crippen LogP contribution in [0.5, 0.6) is 0 Å². The second-order valence-electron chi connectivity index (χ2n) is 4.86. The van der Waals surface area contributed by atoms with Crippen molar-refractivity contribution >= 4 is 27.5 Å². The highest BCUT2D eigenvalue weighted by Crippen LogP contribution is 2.34. The van der Waals surface area contributed by atoms with Crippen LogP contribution in [0.1, 0.15) is 22.3 Å². The van der Waals surface area contributed by atoms with Crippen molar-refractivity contribution in [3.8, 4) is 0 Å². The number of benzene rings is 2. The van der Waals surface area contributed by atoms with Gasteiger partial charge in [-0.05, 0) is 23.4 Å². The lowest BCUT2D eigenvalue weighted by Gasteiger charge is -2.16. The molecule has 4 rings (SSSR count). The summed E-state index contributed by atoms with van der Waals surface area (Å²) in [5.41, 5.74) is 1.80. The van der Waals surface area contributed by atoms with Gasteiger partial charge in [0.15, 0.2) is 5.78 Å². The molecule has 92 valence electrons. The fraction of sp³-hybridized carbons (Fsp3) is 0.125. The molecule has 1 aliphatic rings. The average Bonchev–Trinajstić information content (AvgIpc) is 2.42. The van der Waals surface area contributed by atoms with Gasteiger partial charge < -0.3 is 4.42 Å². The van der Waals surface area contributed by atoms with E-state index < -0.39 is 0 Å². The normalized spacial score (nSPS) is 14.2. The third kappa shape index (κ3) is 1.38. The van der Waals surface area contributed by atoms with Crippen LogP contribution in [0.4, 0.5) is 0 Å². The van der Waals surface area contributed by atoms with Crippen molar-refractivity contribution in [1.29, 1.82) is 0 Å². The van der Waals surface area contributed by atoms with Crippen LogP contribution in [0, 0.1) is 0 Å². The minimum absolute atomic E-state index is 0.122. The molecule has 2 aromatic carbocycles. The number of hydrogen-bond donors (Lipinski definition) is 0. The lowest BCUT2D eigenvalue weighted by Crippen LogP contribution is -2.12. The molecule has 0 bridgehead atoms. The molecule has 0 atom stereocenters. The summed E-state index contributed by atoms with van der Waals surface area (Å²) in [5.74, 6) is 0.122. The van der Waals surface area contributed by atoms with Crippen molar-refractivity contribution in [2.24, 2.45) is 0 Å². The molecule has 0 fully saturated rings. The Morgan fingerprint density at radius 1 is 1.00 bits per heavy atom. The summed E-state index contributed by atoms with van der Waals surface area (Å²) in [6.07, 6.45) is 1.08. The summed E-state index contributed by atoms with van der Waals surface area (Å²) in [5, 5.41) is 2.63. The molecule has 19 heavy (non-hydrogen) atoms. The van der Waals surface area contributed by atoms with E-state index in [-0.39, 0.29) is 11.4 Å². The summed E-state index contributed by atoms with van der Waals surface area (Å²) in [6, 6.07) is 11.1. The Balaban J connectivity index is 2.36. The number of ketones is 1. The predicted octanol–water partition coefficient (Wildman–Crippen LogP) is 3.08. The second kappa shape index (κ2) is 3.54. The van der Waals surface area contributed by atoms with E-state index in [9.17, 15) is 9.59 Å². The topological polar surface area (TPSA) is 47.3 Å². The van der Waals surface area contributed by atoms with Crippen molar-refractivity contribution < 1.29 is 9.21 Å². The van der Waals surface area contributed by atoms with Crippen molar-refractivity contribution in [3.63, 3.8) is 0 Å². The number of carbonyl (C=O) groups excluding carboxylic acids is 1. The largest absolute Gasteiger partial charge is 0.422 e. The molecule has 0 amide bonds. The molecular formula is C16H10O3. The molecule has 1 aromatic heterocycles. The van der Waals surface area contributed by atoms with E-state index >= 15 is 0 Å². The lowest BCUT2D eigenvalue weighted by atomic mass is 9.88. The van der Waals surface area contributed by atoms with E-state index in [1.807, 2.05) is 30.3 Å². The highest BCUT2D eigenvalue weighted by atomic mass is 16.4. The van der Waals surface area contributed by atoms with Gasteiger partial charge in [-0.2, -0.15) is 0 Å². The van der Waals surface area contributed by atoms with Crippen LogP contribution in [0.25, 0.3) is 21.7 Å². The van der Waals surface area contributed by atoms with Gasteiger partial charge in [0.25, 0.3) is 0 Å². The van der Waals surface area contributed by atoms with Gasteiger partial charge >= 0.3 is 5.63 Å². The van der Waals surface area contributed by atoms with Crippen LogP contribution < -0.4 is 5.63 Å². The van der Waals surface area contributed by atoms with Crippen LogP contribution >= 0.6 is 0 Å². The van der Waals surface area contributed by atoms with Crippen LogP contribution in [-0.2, 0) is 6.42 Å². The first-order valence-corrected chi connectivity index (χ1v) is 6.26. The monoisotopic (exact) mass is 250 g/mol. The van der Waals surface area contributed by atoms with Gasteiger partial charge in [0.2, 0.25) is 0 Å². The summed E-state index contributed by atoms with van der Waals surface area (Å²) in [4.78, 5) is 23.8. The zero-order valence-electron chi connectivity index (χ0n) is 10.1. The number of fused-ring (bicyclic) bond motifs is 2. The van der Waals surface area contributed by atoms with Gasteiger partial charge in [0.1, 0.15) is 5.58 Å². The third-order valence-electron chi connectivity index (χ3n) is 3.74. The van der Waals surface area contributed by atoms with E-state index in [4.69, 9.17) is 4.42 Å². The molecule has 0 saturated carbocycles. The Hall–Kier alpha value is -2.42. The number of hydrogen-bond acceptors (Lipinski definition) is 3. The minimum Gasteiger partial charge on any atom is -0.422 e. The Morgan fingerprint density at radius 2 is 1.84 bits per heavy atom. The summed E-state index contributed by atoms with van der Waals surface area (Å²) >= 11 is 0. The molecule has 3 heteroatoms. The number of aryl methyl sites for hydroxylation is 1. The van der Waals surface area contributed by atoms with Gasteiger partial charge in [-0.15, -0.1) is 0 Å². The smallest absolute Gasteiger partial charge is 0.336 e. The molecule has 3 aromatic rings. The molecule has 1 aliphatic carbocycles.